The monoisotopic (exact) mass is 491 g/mol. The van der Waals surface area contributed by atoms with Gasteiger partial charge in [-0.2, -0.15) is 0 Å². The summed E-state index contributed by atoms with van der Waals surface area (Å²) < 4.78 is 25.5. The molecule has 8 heteroatoms. The molecule has 198 valence electrons. The van der Waals surface area contributed by atoms with Gasteiger partial charge in [0.05, 0.1) is 19.8 Å². The minimum atomic E-state index is -1.99. The molecule has 0 rings (SSSR count). The van der Waals surface area contributed by atoms with Crippen molar-refractivity contribution in [2.75, 3.05) is 40.6 Å². The highest BCUT2D eigenvalue weighted by molar-refractivity contribution is 6.73. The fourth-order valence-corrected chi connectivity index (χ4v) is 6.49. The Bertz CT molecular complexity index is 470. The molecule has 33 heavy (non-hydrogen) atoms. The highest BCUT2D eigenvalue weighted by atomic mass is 28.4. The Kier molecular flexibility index (Phi) is 19.5. The van der Waals surface area contributed by atoms with Crippen molar-refractivity contribution < 1.29 is 28.3 Å². The van der Waals surface area contributed by atoms with Crippen LogP contribution in [0.15, 0.2) is 0 Å². The van der Waals surface area contributed by atoms with Crippen LogP contribution in [0.5, 0.6) is 0 Å². The molecule has 3 atom stereocenters. The van der Waals surface area contributed by atoms with Crippen molar-refractivity contribution in [2.24, 2.45) is 0 Å². The third-order valence-corrected chi connectivity index (χ3v) is 11.0. The fraction of sp³-hybridized carbons (Fsp3) is 0.960. The van der Waals surface area contributed by atoms with E-state index in [4.69, 9.17) is 23.5 Å². The molecule has 0 aromatic rings. The number of carbonyl (C=O) groups excluding carboxylic acids is 1. The molecule has 0 fully saturated rings. The summed E-state index contributed by atoms with van der Waals surface area (Å²) in [5, 5.41) is 1.23. The minimum Gasteiger partial charge on any atom is -0.409 e. The van der Waals surface area contributed by atoms with E-state index in [9.17, 15) is 4.79 Å². The first kappa shape index (κ1) is 32.5. The Hall–Kier alpha value is -0.513. The standard InChI is InChI=1S/C25H53NO6Si/c1-9-15-18-29-21-22(32-33(12-4,13-5)14-6)23(30-19-16-10-2)24(31-20-17-11-3)25(27)26(7)28-8/h22-24H,9-21H2,1-8H3/t22-,23-,24-/m1/s1. The lowest BCUT2D eigenvalue weighted by atomic mass is 10.1. The molecule has 0 saturated heterocycles. The van der Waals surface area contributed by atoms with Crippen LogP contribution < -0.4 is 0 Å². The van der Waals surface area contributed by atoms with Gasteiger partial charge in [-0.25, -0.2) is 5.06 Å². The fourth-order valence-electron chi connectivity index (χ4n) is 3.65. The number of hydroxylamine groups is 2. The van der Waals surface area contributed by atoms with Crippen molar-refractivity contribution in [1.29, 1.82) is 0 Å². The van der Waals surface area contributed by atoms with E-state index in [0.29, 0.717) is 26.4 Å². The Balaban J connectivity index is 6.07. The van der Waals surface area contributed by atoms with E-state index in [1.54, 1.807) is 7.05 Å². The average Bonchev–Trinajstić information content (AvgIpc) is 2.84. The van der Waals surface area contributed by atoms with E-state index < -0.39 is 20.5 Å². The number of unbranched alkanes of at least 4 members (excludes halogenated alkanes) is 3. The maximum atomic E-state index is 13.3. The van der Waals surface area contributed by atoms with Gasteiger partial charge >= 0.3 is 0 Å². The molecular weight excluding hydrogens is 438 g/mol. The van der Waals surface area contributed by atoms with Crippen LogP contribution in [0.4, 0.5) is 0 Å². The zero-order valence-electron chi connectivity index (χ0n) is 22.8. The van der Waals surface area contributed by atoms with Crippen molar-refractivity contribution in [3.8, 4) is 0 Å². The molecule has 0 heterocycles. The molecule has 1 amide bonds. The summed E-state index contributed by atoms with van der Waals surface area (Å²) >= 11 is 0. The van der Waals surface area contributed by atoms with Crippen molar-refractivity contribution in [2.45, 2.75) is 117 Å². The molecule has 0 unspecified atom stereocenters. The van der Waals surface area contributed by atoms with Crippen molar-refractivity contribution in [3.05, 3.63) is 0 Å². The van der Waals surface area contributed by atoms with Crippen molar-refractivity contribution >= 4 is 14.2 Å². The lowest BCUT2D eigenvalue weighted by Gasteiger charge is -2.39. The van der Waals surface area contributed by atoms with E-state index in [1.807, 2.05) is 0 Å². The third kappa shape index (κ3) is 12.1. The summed E-state index contributed by atoms with van der Waals surface area (Å²) in [7, 11) is 1.11. The number of hydrogen-bond donors (Lipinski definition) is 0. The highest BCUT2D eigenvalue weighted by Gasteiger charge is 2.42. The number of ether oxygens (including phenoxy) is 3. The molecule has 0 N–H and O–H groups in total. The van der Waals surface area contributed by atoms with Crippen LogP contribution in [-0.4, -0.2) is 78.2 Å². The number of rotatable bonds is 22. The van der Waals surface area contributed by atoms with Gasteiger partial charge in [-0.15, -0.1) is 0 Å². The SMILES string of the molecule is CCCCOC[C@@H](O[Si](CC)(CC)CC)[C@@H](OCCCC)[C@@H](OCCCC)C(=O)N(C)OC. The summed E-state index contributed by atoms with van der Waals surface area (Å²) in [6, 6.07) is 3.04. The van der Waals surface area contributed by atoms with E-state index in [1.165, 1.54) is 12.2 Å². The molecule has 0 aromatic heterocycles. The summed E-state index contributed by atoms with van der Waals surface area (Å²) in [4.78, 5) is 18.5. The molecule has 0 aliphatic heterocycles. The average molecular weight is 492 g/mol. The predicted molar refractivity (Wildman–Crippen MR) is 137 cm³/mol. The Morgan fingerprint density at radius 2 is 1.33 bits per heavy atom. The molecule has 0 saturated carbocycles. The van der Waals surface area contributed by atoms with Crippen LogP contribution in [-0.2, 0) is 28.3 Å². The second-order valence-electron chi connectivity index (χ2n) is 8.68. The van der Waals surface area contributed by atoms with Crippen LogP contribution in [0.1, 0.15) is 80.1 Å². The van der Waals surface area contributed by atoms with E-state index >= 15 is 0 Å². The largest absolute Gasteiger partial charge is 0.409 e. The molecule has 0 aromatic carbocycles. The normalized spacial score (nSPS) is 14.8. The minimum absolute atomic E-state index is 0.256. The summed E-state index contributed by atoms with van der Waals surface area (Å²) in [6.07, 6.45) is 4.10. The van der Waals surface area contributed by atoms with Gasteiger partial charge in [0.1, 0.15) is 6.10 Å². The van der Waals surface area contributed by atoms with Gasteiger partial charge in [0.15, 0.2) is 14.4 Å². The Morgan fingerprint density at radius 3 is 1.82 bits per heavy atom. The van der Waals surface area contributed by atoms with Crippen LogP contribution in [0.25, 0.3) is 0 Å². The van der Waals surface area contributed by atoms with Gasteiger partial charge in [0, 0.05) is 26.9 Å². The number of amides is 1. The molecular formula is C25H53NO6Si. The van der Waals surface area contributed by atoms with Crippen LogP contribution >= 0.6 is 0 Å². The second kappa shape index (κ2) is 19.8. The van der Waals surface area contributed by atoms with Gasteiger partial charge in [-0.05, 0) is 37.4 Å². The van der Waals surface area contributed by atoms with E-state index in [2.05, 4.69) is 41.5 Å². The maximum absolute atomic E-state index is 13.3. The van der Waals surface area contributed by atoms with Gasteiger partial charge < -0.3 is 18.6 Å². The number of nitrogens with zero attached hydrogens (tertiary/aromatic N) is 1. The lowest BCUT2D eigenvalue weighted by Crippen LogP contribution is -2.55. The Morgan fingerprint density at radius 1 is 0.818 bits per heavy atom. The molecule has 0 spiro atoms. The van der Waals surface area contributed by atoms with Gasteiger partial charge in [0.25, 0.3) is 5.91 Å². The van der Waals surface area contributed by atoms with E-state index in [0.717, 1.165) is 56.7 Å². The van der Waals surface area contributed by atoms with Crippen molar-refractivity contribution in [1.82, 2.24) is 5.06 Å². The predicted octanol–water partition coefficient (Wildman–Crippen LogP) is 5.58. The van der Waals surface area contributed by atoms with Crippen LogP contribution in [0.2, 0.25) is 18.1 Å². The third-order valence-electron chi connectivity index (χ3n) is 6.35. The second-order valence-corrected chi connectivity index (χ2v) is 13.4. The summed E-state index contributed by atoms with van der Waals surface area (Å²) in [5.74, 6) is -0.256. The van der Waals surface area contributed by atoms with Crippen LogP contribution in [0.3, 0.4) is 0 Å². The molecule has 0 aliphatic carbocycles. The zero-order valence-corrected chi connectivity index (χ0v) is 23.8. The highest BCUT2D eigenvalue weighted by Crippen LogP contribution is 2.27. The summed E-state index contributed by atoms with van der Waals surface area (Å²) in [6.45, 7) is 15.1. The van der Waals surface area contributed by atoms with Crippen LogP contribution in [0, 0.1) is 0 Å². The molecule has 0 radical (unpaired) electrons. The lowest BCUT2D eigenvalue weighted by molar-refractivity contribution is -0.197. The number of carbonyl (C=O) groups is 1. The Labute approximate surface area is 204 Å². The number of hydrogen-bond acceptors (Lipinski definition) is 6. The molecule has 7 nitrogen and oxygen atoms in total. The first-order valence-electron chi connectivity index (χ1n) is 13.2. The summed E-state index contributed by atoms with van der Waals surface area (Å²) in [5.41, 5.74) is 0. The topological polar surface area (TPSA) is 66.5 Å². The van der Waals surface area contributed by atoms with Gasteiger partial charge in [-0.3, -0.25) is 9.63 Å². The molecule has 0 aliphatic rings. The van der Waals surface area contributed by atoms with Gasteiger partial charge in [-0.1, -0.05) is 60.8 Å². The zero-order chi connectivity index (χ0) is 25.1. The van der Waals surface area contributed by atoms with E-state index in [-0.39, 0.29) is 12.0 Å². The maximum Gasteiger partial charge on any atom is 0.277 e. The number of likely N-dealkylation sites (N-methyl/N-ethyl adjacent to an activating group) is 1. The quantitative estimate of drug-likeness (QED) is 0.112. The molecule has 0 bridgehead atoms. The first-order chi connectivity index (χ1) is 15.9. The first-order valence-corrected chi connectivity index (χ1v) is 15.7. The smallest absolute Gasteiger partial charge is 0.277 e. The van der Waals surface area contributed by atoms with Crippen molar-refractivity contribution in [3.63, 3.8) is 0 Å². The van der Waals surface area contributed by atoms with Gasteiger partial charge in [0.2, 0.25) is 0 Å².